The Morgan fingerprint density at radius 2 is 1.94 bits per heavy atom. The Morgan fingerprint density at radius 3 is 2.39 bits per heavy atom. The molecule has 0 N–H and O–H groups in total. The molecule has 100 valence electrons. The molecule has 0 atom stereocenters. The molecule has 0 aliphatic rings. The van der Waals surface area contributed by atoms with Crippen LogP contribution in [0.15, 0.2) is 5.16 Å². The van der Waals surface area contributed by atoms with Gasteiger partial charge in [0, 0.05) is 0 Å². The molecule has 0 heterocycles. The van der Waals surface area contributed by atoms with Gasteiger partial charge in [-0.15, -0.1) is 0 Å². The lowest BCUT2D eigenvalue weighted by molar-refractivity contribution is -0.135. The van der Waals surface area contributed by atoms with E-state index in [1.54, 1.807) is 20.8 Å². The van der Waals surface area contributed by atoms with Crippen LogP contribution in [-0.2, 0) is 19.1 Å². The summed E-state index contributed by atoms with van der Waals surface area (Å²) in [5, 5.41) is 11.7. The van der Waals surface area contributed by atoms with E-state index in [1.807, 2.05) is 6.92 Å². The Labute approximate surface area is 105 Å². The highest BCUT2D eigenvalue weighted by Crippen LogP contribution is 2.14. The van der Waals surface area contributed by atoms with Gasteiger partial charge in [0.05, 0.1) is 6.61 Å². The first kappa shape index (κ1) is 15.9. The lowest BCUT2D eigenvalue weighted by Gasteiger charge is -2.21. The van der Waals surface area contributed by atoms with Crippen molar-refractivity contribution in [2.24, 2.45) is 5.16 Å². The first-order chi connectivity index (χ1) is 8.36. The fraction of sp³-hybridized carbons (Fsp3) is 0.636. The van der Waals surface area contributed by atoms with Crippen molar-refractivity contribution in [1.29, 1.82) is 5.26 Å². The molecule has 0 amide bonds. The van der Waals surface area contributed by atoms with Crippen molar-refractivity contribution in [3.05, 3.63) is 0 Å². The summed E-state index contributed by atoms with van der Waals surface area (Å²) in [5.74, 6) is -0.956. The molecule has 0 saturated carbocycles. The molecular weight excluding hydrogens is 240 g/mol. The average molecular weight is 256 g/mol. The summed E-state index contributed by atoms with van der Waals surface area (Å²) in [4.78, 5) is 26.6. The van der Waals surface area contributed by atoms with Gasteiger partial charge in [0.15, 0.2) is 0 Å². The number of hydrogen-bond donors (Lipinski definition) is 0. The summed E-state index contributed by atoms with van der Waals surface area (Å²) >= 11 is 0. The zero-order valence-corrected chi connectivity index (χ0v) is 10.8. The summed E-state index contributed by atoms with van der Waals surface area (Å²) in [6.07, 6.45) is -0.506. The SMILES string of the molecule is CCOC(=O)/C(C#N)=N/OC(=O)OC(C)(C)CC. The van der Waals surface area contributed by atoms with E-state index in [0.29, 0.717) is 6.42 Å². The Kier molecular flexibility index (Phi) is 6.42. The van der Waals surface area contributed by atoms with Crippen LogP contribution in [0.2, 0.25) is 0 Å². The molecule has 0 aliphatic heterocycles. The van der Waals surface area contributed by atoms with Gasteiger partial charge >= 0.3 is 12.1 Å². The number of rotatable bonds is 5. The minimum Gasteiger partial charge on any atom is -0.461 e. The van der Waals surface area contributed by atoms with Crippen LogP contribution in [-0.4, -0.2) is 30.0 Å². The third-order valence-electron chi connectivity index (χ3n) is 2.00. The smallest absolute Gasteiger partial charge is 0.461 e. The minimum absolute atomic E-state index is 0.0901. The molecule has 18 heavy (non-hydrogen) atoms. The molecule has 0 spiro atoms. The zero-order chi connectivity index (χ0) is 14.2. The number of carbonyl (C=O) groups excluding carboxylic acids is 2. The number of nitrogens with zero attached hydrogens (tertiary/aromatic N) is 2. The highest BCUT2D eigenvalue weighted by atomic mass is 16.8. The molecule has 7 nitrogen and oxygen atoms in total. The fourth-order valence-electron chi connectivity index (χ4n) is 0.702. The number of hydrogen-bond acceptors (Lipinski definition) is 7. The summed E-state index contributed by atoms with van der Waals surface area (Å²) in [5.41, 5.74) is -1.35. The van der Waals surface area contributed by atoms with E-state index in [9.17, 15) is 9.59 Å². The Morgan fingerprint density at radius 1 is 1.33 bits per heavy atom. The molecule has 0 aromatic carbocycles. The molecular formula is C11H16N2O5. The maximum Gasteiger partial charge on any atom is 0.535 e. The van der Waals surface area contributed by atoms with Crippen molar-refractivity contribution in [3.8, 4) is 6.07 Å². The number of oxime groups is 1. The van der Waals surface area contributed by atoms with E-state index in [-0.39, 0.29) is 6.61 Å². The average Bonchev–Trinajstić information content (AvgIpc) is 2.29. The standard InChI is InChI=1S/C11H16N2O5/c1-5-11(3,4)17-10(15)18-13-8(7-12)9(14)16-6-2/h5-6H2,1-4H3/b13-8+. The number of carbonyl (C=O) groups is 2. The van der Waals surface area contributed by atoms with Gasteiger partial charge in [0.25, 0.3) is 5.71 Å². The molecule has 0 aromatic heterocycles. The molecule has 0 aromatic rings. The minimum atomic E-state index is -1.08. The third-order valence-corrected chi connectivity index (χ3v) is 2.00. The first-order valence-corrected chi connectivity index (χ1v) is 5.41. The predicted octanol–water partition coefficient (Wildman–Crippen LogP) is 1.77. The van der Waals surface area contributed by atoms with E-state index in [2.05, 4.69) is 14.7 Å². The topological polar surface area (TPSA) is 98.0 Å². The highest BCUT2D eigenvalue weighted by molar-refractivity contribution is 6.42. The summed E-state index contributed by atoms with van der Waals surface area (Å²) in [7, 11) is 0. The largest absolute Gasteiger partial charge is 0.535 e. The molecule has 0 bridgehead atoms. The predicted molar refractivity (Wildman–Crippen MR) is 61.6 cm³/mol. The Bertz CT molecular complexity index is 381. The second kappa shape index (κ2) is 7.27. The van der Waals surface area contributed by atoms with Crippen LogP contribution < -0.4 is 0 Å². The van der Waals surface area contributed by atoms with E-state index >= 15 is 0 Å². The van der Waals surface area contributed by atoms with Crippen LogP contribution in [0.5, 0.6) is 0 Å². The van der Waals surface area contributed by atoms with E-state index < -0.39 is 23.4 Å². The second-order valence-corrected chi connectivity index (χ2v) is 3.83. The summed E-state index contributed by atoms with van der Waals surface area (Å²) in [6.45, 7) is 6.87. The monoisotopic (exact) mass is 256 g/mol. The second-order valence-electron chi connectivity index (χ2n) is 3.83. The Hall–Kier alpha value is -2.10. The Balaban J connectivity index is 4.48. The van der Waals surface area contributed by atoms with Gasteiger partial charge in [0.2, 0.25) is 0 Å². The zero-order valence-electron chi connectivity index (χ0n) is 10.8. The number of esters is 1. The molecule has 0 aliphatic carbocycles. The van der Waals surface area contributed by atoms with Crippen molar-refractivity contribution in [2.45, 2.75) is 39.7 Å². The molecule has 0 fully saturated rings. The summed E-state index contributed by atoms with van der Waals surface area (Å²) < 4.78 is 9.42. The summed E-state index contributed by atoms with van der Waals surface area (Å²) in [6, 6.07) is 1.46. The van der Waals surface area contributed by atoms with Crippen LogP contribution in [0.25, 0.3) is 0 Å². The van der Waals surface area contributed by atoms with E-state index in [4.69, 9.17) is 10.00 Å². The lowest BCUT2D eigenvalue weighted by Crippen LogP contribution is -2.27. The fourth-order valence-corrected chi connectivity index (χ4v) is 0.702. The van der Waals surface area contributed by atoms with Gasteiger partial charge in [-0.05, 0) is 27.2 Å². The molecule has 0 unspecified atom stereocenters. The van der Waals surface area contributed by atoms with Crippen LogP contribution >= 0.6 is 0 Å². The maximum absolute atomic E-state index is 11.2. The van der Waals surface area contributed by atoms with E-state index in [0.717, 1.165) is 0 Å². The van der Waals surface area contributed by atoms with Gasteiger partial charge in [-0.25, -0.2) is 9.59 Å². The van der Waals surface area contributed by atoms with Gasteiger partial charge in [-0.3, -0.25) is 4.84 Å². The molecule has 0 saturated heterocycles. The van der Waals surface area contributed by atoms with Crippen molar-refractivity contribution in [1.82, 2.24) is 0 Å². The van der Waals surface area contributed by atoms with Crippen molar-refractivity contribution >= 4 is 17.8 Å². The van der Waals surface area contributed by atoms with E-state index in [1.165, 1.54) is 6.07 Å². The van der Waals surface area contributed by atoms with Gasteiger partial charge in [0.1, 0.15) is 11.7 Å². The van der Waals surface area contributed by atoms with Crippen molar-refractivity contribution < 1.29 is 23.9 Å². The molecule has 7 heteroatoms. The highest BCUT2D eigenvalue weighted by Gasteiger charge is 2.22. The lowest BCUT2D eigenvalue weighted by atomic mass is 10.1. The molecule has 0 rings (SSSR count). The quantitative estimate of drug-likeness (QED) is 0.322. The molecule has 0 radical (unpaired) electrons. The van der Waals surface area contributed by atoms with Gasteiger partial charge in [-0.1, -0.05) is 12.1 Å². The number of nitriles is 1. The van der Waals surface area contributed by atoms with Crippen molar-refractivity contribution in [3.63, 3.8) is 0 Å². The van der Waals surface area contributed by atoms with Crippen LogP contribution in [0.3, 0.4) is 0 Å². The van der Waals surface area contributed by atoms with Gasteiger partial charge in [-0.2, -0.15) is 5.26 Å². The van der Waals surface area contributed by atoms with Crippen LogP contribution in [0, 0.1) is 11.3 Å². The normalized spacial score (nSPS) is 11.4. The van der Waals surface area contributed by atoms with Crippen LogP contribution in [0.4, 0.5) is 4.79 Å². The number of ether oxygens (including phenoxy) is 2. The van der Waals surface area contributed by atoms with Crippen molar-refractivity contribution in [2.75, 3.05) is 6.61 Å². The third kappa shape index (κ3) is 5.84. The first-order valence-electron chi connectivity index (χ1n) is 5.41. The van der Waals surface area contributed by atoms with Gasteiger partial charge < -0.3 is 9.47 Å². The maximum atomic E-state index is 11.2. The van der Waals surface area contributed by atoms with Crippen LogP contribution in [0.1, 0.15) is 34.1 Å².